The van der Waals surface area contributed by atoms with E-state index in [9.17, 15) is 10.0 Å². The minimum absolute atomic E-state index is 0.116. The van der Waals surface area contributed by atoms with Gasteiger partial charge in [0.25, 0.3) is 0 Å². The summed E-state index contributed by atoms with van der Waals surface area (Å²) in [5.74, 6) is 2.13. The van der Waals surface area contributed by atoms with Crippen LogP contribution < -0.4 is 4.47 Å². The molecule has 2 aromatic carbocycles. The minimum atomic E-state index is 0.116. The SMILES string of the molecule is CCCc1nc2ccc(CC(=O)N3CCN(C)CC3)nc2n1Cc1ccc(-c2ccccc2SN(O)c2noc(C)c2C)c(COCC)c1. The topological polar surface area (TPSA) is 113 Å². The molecule has 258 valence electrons. The van der Waals surface area contributed by atoms with Crippen LogP contribution in [-0.4, -0.2) is 80.4 Å². The average Bonchev–Trinajstić information content (AvgIpc) is 3.62. The fourth-order valence-corrected chi connectivity index (χ4v) is 6.96. The van der Waals surface area contributed by atoms with Gasteiger partial charge in [0.1, 0.15) is 17.1 Å². The summed E-state index contributed by atoms with van der Waals surface area (Å²) >= 11 is 1.19. The molecule has 3 aromatic heterocycles. The largest absolute Gasteiger partial charge is 0.377 e. The highest BCUT2D eigenvalue weighted by Crippen LogP contribution is 2.38. The predicted molar refractivity (Wildman–Crippen MR) is 192 cm³/mol. The molecule has 11 nitrogen and oxygen atoms in total. The van der Waals surface area contributed by atoms with Gasteiger partial charge in [-0.1, -0.05) is 48.5 Å². The highest BCUT2D eigenvalue weighted by molar-refractivity contribution is 8.00. The number of rotatable bonds is 13. The zero-order valence-corrected chi connectivity index (χ0v) is 29.8. The van der Waals surface area contributed by atoms with E-state index >= 15 is 0 Å². The zero-order valence-electron chi connectivity index (χ0n) is 29.0. The molecule has 6 rings (SSSR count). The second-order valence-electron chi connectivity index (χ2n) is 12.5. The first-order chi connectivity index (χ1) is 23.7. The molecule has 1 aliphatic rings. The van der Waals surface area contributed by atoms with Crippen molar-refractivity contribution < 1.29 is 19.3 Å². The number of hydrogen-bond acceptors (Lipinski definition) is 10. The van der Waals surface area contributed by atoms with Crippen LogP contribution >= 0.6 is 11.9 Å². The molecule has 0 radical (unpaired) electrons. The van der Waals surface area contributed by atoms with E-state index in [2.05, 4.69) is 52.9 Å². The smallest absolute Gasteiger partial charge is 0.228 e. The summed E-state index contributed by atoms with van der Waals surface area (Å²) in [5, 5.41) is 15.0. The van der Waals surface area contributed by atoms with Crippen molar-refractivity contribution in [1.29, 1.82) is 0 Å². The lowest BCUT2D eigenvalue weighted by Crippen LogP contribution is -2.47. The van der Waals surface area contributed by atoms with E-state index in [-0.39, 0.29) is 12.3 Å². The minimum Gasteiger partial charge on any atom is -0.377 e. The Kier molecular flexibility index (Phi) is 11.0. The molecule has 1 amide bonds. The Bertz CT molecular complexity index is 1910. The summed E-state index contributed by atoms with van der Waals surface area (Å²) in [5.41, 5.74) is 7.31. The maximum atomic E-state index is 13.1. The van der Waals surface area contributed by atoms with Gasteiger partial charge in [0.2, 0.25) is 11.7 Å². The van der Waals surface area contributed by atoms with Crippen molar-refractivity contribution in [2.24, 2.45) is 0 Å². The Balaban J connectivity index is 1.30. The number of benzene rings is 2. The van der Waals surface area contributed by atoms with Crippen LogP contribution in [0.25, 0.3) is 22.3 Å². The molecule has 49 heavy (non-hydrogen) atoms. The van der Waals surface area contributed by atoms with Crippen molar-refractivity contribution in [1.82, 2.24) is 29.5 Å². The summed E-state index contributed by atoms with van der Waals surface area (Å²) in [7, 11) is 2.09. The summed E-state index contributed by atoms with van der Waals surface area (Å²) < 4.78 is 14.5. The van der Waals surface area contributed by atoms with Gasteiger partial charge in [-0.15, -0.1) is 0 Å². The van der Waals surface area contributed by atoms with E-state index < -0.39 is 0 Å². The Morgan fingerprint density at radius 1 is 1.02 bits per heavy atom. The summed E-state index contributed by atoms with van der Waals surface area (Å²) in [6.45, 7) is 12.7. The van der Waals surface area contributed by atoms with E-state index in [1.54, 1.807) is 0 Å². The van der Waals surface area contributed by atoms with Crippen LogP contribution in [-0.2, 0) is 35.5 Å². The summed E-state index contributed by atoms with van der Waals surface area (Å²) in [6, 6.07) is 18.4. The highest BCUT2D eigenvalue weighted by atomic mass is 32.2. The molecule has 0 unspecified atom stereocenters. The zero-order chi connectivity index (χ0) is 34.5. The first-order valence-electron chi connectivity index (χ1n) is 17.0. The first-order valence-corrected chi connectivity index (χ1v) is 17.7. The standard InChI is InChI=1S/C37H45N7O4S/c1-6-10-34-39-32-16-14-29(22-35(45)42-19-17-41(5)18-20-42)38-37(32)43(34)23-27-13-15-30(28(21-27)24-47-7-2)31-11-8-9-12-33(31)49-44(46)36-25(3)26(4)48-40-36/h8-9,11-16,21,46H,6-7,10,17-20,22-24H2,1-5H3. The van der Waals surface area contributed by atoms with E-state index in [1.165, 1.54) is 11.9 Å². The highest BCUT2D eigenvalue weighted by Gasteiger charge is 2.22. The lowest BCUT2D eigenvalue weighted by molar-refractivity contribution is -0.132. The molecule has 0 atom stereocenters. The van der Waals surface area contributed by atoms with Crippen LogP contribution in [0.3, 0.4) is 0 Å². The molecule has 0 bridgehead atoms. The van der Waals surface area contributed by atoms with Gasteiger partial charge >= 0.3 is 0 Å². The quantitative estimate of drug-likeness (QED) is 0.110. The third-order valence-corrected chi connectivity index (χ3v) is 9.94. The number of likely N-dealkylation sites (N-methyl/N-ethyl adjacent to an activating group) is 1. The Hall–Kier alpha value is -4.23. The van der Waals surface area contributed by atoms with Crippen LogP contribution in [0.15, 0.2) is 64.0 Å². The van der Waals surface area contributed by atoms with Crippen molar-refractivity contribution in [3.05, 3.63) is 88.6 Å². The number of ether oxygens (including phenoxy) is 1. The molecule has 0 saturated carbocycles. The van der Waals surface area contributed by atoms with Crippen molar-refractivity contribution in [3.63, 3.8) is 0 Å². The molecule has 4 heterocycles. The van der Waals surface area contributed by atoms with Crippen LogP contribution in [0.4, 0.5) is 5.82 Å². The number of amides is 1. The molecule has 5 aromatic rings. The third kappa shape index (κ3) is 7.83. The number of aromatic nitrogens is 4. The number of imidazole rings is 1. The second-order valence-corrected chi connectivity index (χ2v) is 13.5. The van der Waals surface area contributed by atoms with E-state index in [1.807, 2.05) is 56.0 Å². The number of hydrogen-bond donors (Lipinski definition) is 1. The van der Waals surface area contributed by atoms with Gasteiger partial charge in [-0.2, -0.15) is 4.47 Å². The molecule has 0 spiro atoms. The molecule has 0 aliphatic carbocycles. The van der Waals surface area contributed by atoms with Gasteiger partial charge in [-0.25, -0.2) is 9.97 Å². The monoisotopic (exact) mass is 683 g/mol. The lowest BCUT2D eigenvalue weighted by atomic mass is 9.97. The number of pyridine rings is 1. The second kappa shape index (κ2) is 15.5. The van der Waals surface area contributed by atoms with Crippen LogP contribution in [0.1, 0.15) is 54.2 Å². The first kappa shape index (κ1) is 34.6. The summed E-state index contributed by atoms with van der Waals surface area (Å²) in [4.78, 5) is 28.2. The van der Waals surface area contributed by atoms with Crippen LogP contribution in [0.2, 0.25) is 0 Å². The van der Waals surface area contributed by atoms with Crippen LogP contribution in [0.5, 0.6) is 0 Å². The number of fused-ring (bicyclic) bond motifs is 1. The molecule has 1 saturated heterocycles. The van der Waals surface area contributed by atoms with E-state index in [0.717, 1.165) is 98.9 Å². The number of carbonyl (C=O) groups is 1. The maximum Gasteiger partial charge on any atom is 0.228 e. The van der Waals surface area contributed by atoms with Crippen molar-refractivity contribution >= 4 is 34.8 Å². The molecule has 1 fully saturated rings. The predicted octanol–water partition coefficient (Wildman–Crippen LogP) is 6.46. The van der Waals surface area contributed by atoms with Crippen molar-refractivity contribution in [3.8, 4) is 11.1 Å². The van der Waals surface area contributed by atoms with E-state index in [4.69, 9.17) is 19.2 Å². The molecule has 1 N–H and O–H groups in total. The number of nitrogens with zero attached hydrogens (tertiary/aromatic N) is 7. The lowest BCUT2D eigenvalue weighted by Gasteiger charge is -2.32. The van der Waals surface area contributed by atoms with Crippen molar-refractivity contribution in [2.75, 3.05) is 44.3 Å². The maximum absolute atomic E-state index is 13.1. The molecule has 12 heteroatoms. The normalized spacial score (nSPS) is 13.8. The van der Waals surface area contributed by atoms with Gasteiger partial charge in [-0.05, 0) is 74.7 Å². The molecular weight excluding hydrogens is 639 g/mol. The van der Waals surface area contributed by atoms with Gasteiger partial charge in [-0.3, -0.25) is 10.0 Å². The number of aryl methyl sites for hydroxylation is 2. The fourth-order valence-electron chi connectivity index (χ4n) is 6.10. The summed E-state index contributed by atoms with van der Waals surface area (Å²) in [6.07, 6.45) is 2.05. The molecular formula is C37H45N7O4S. The Morgan fingerprint density at radius 2 is 1.82 bits per heavy atom. The fraction of sp³-hybridized carbons (Fsp3) is 0.405. The van der Waals surface area contributed by atoms with Crippen LogP contribution in [0, 0.1) is 13.8 Å². The average molecular weight is 684 g/mol. The third-order valence-electron chi connectivity index (χ3n) is 9.04. The van der Waals surface area contributed by atoms with Gasteiger partial charge in [0.15, 0.2) is 5.65 Å². The Morgan fingerprint density at radius 3 is 2.55 bits per heavy atom. The van der Waals surface area contributed by atoms with Gasteiger partial charge < -0.3 is 23.6 Å². The van der Waals surface area contributed by atoms with E-state index in [0.29, 0.717) is 31.3 Å². The number of anilines is 1. The van der Waals surface area contributed by atoms with Crippen molar-refractivity contribution in [2.45, 2.75) is 65.0 Å². The van der Waals surface area contributed by atoms with Gasteiger partial charge in [0, 0.05) is 61.6 Å². The number of carbonyl (C=O) groups excluding carboxylic acids is 1. The Labute approximate surface area is 292 Å². The molecule has 1 aliphatic heterocycles. The van der Waals surface area contributed by atoms with Gasteiger partial charge in [0.05, 0.1) is 25.3 Å². The number of piperazine rings is 1.